The van der Waals surface area contributed by atoms with Crippen LogP contribution in [0, 0.1) is 5.92 Å². The molecule has 3 N–H and O–H groups in total. The van der Waals surface area contributed by atoms with Crippen LogP contribution in [0.2, 0.25) is 0 Å². The maximum Gasteiger partial charge on any atom is 0.222 e. The molecule has 2 fully saturated rings. The molecule has 1 saturated carbocycles. The van der Waals surface area contributed by atoms with Crippen molar-refractivity contribution in [1.82, 2.24) is 14.9 Å². The highest BCUT2D eigenvalue weighted by molar-refractivity contribution is 5.54. The smallest absolute Gasteiger partial charge is 0.222 e. The fourth-order valence-corrected chi connectivity index (χ4v) is 5.42. The largest absolute Gasteiger partial charge is 0.368 e. The molecule has 1 saturated heterocycles. The summed E-state index contributed by atoms with van der Waals surface area (Å²) in [7, 11) is 0. The second-order valence-electron chi connectivity index (χ2n) is 9.17. The van der Waals surface area contributed by atoms with Gasteiger partial charge in [-0.15, -0.1) is 0 Å². The summed E-state index contributed by atoms with van der Waals surface area (Å²) < 4.78 is 0. The molecule has 5 rings (SSSR count). The minimum atomic E-state index is 0.332. The van der Waals surface area contributed by atoms with E-state index in [1.165, 1.54) is 69.3 Å². The molecule has 1 aliphatic heterocycles. The van der Waals surface area contributed by atoms with Crippen LogP contribution in [0.4, 0.5) is 11.8 Å². The quantitative estimate of drug-likeness (QED) is 0.799. The van der Waals surface area contributed by atoms with Crippen LogP contribution in [0.3, 0.4) is 0 Å². The first-order valence-corrected chi connectivity index (χ1v) is 11.5. The predicted molar refractivity (Wildman–Crippen MR) is 118 cm³/mol. The van der Waals surface area contributed by atoms with Gasteiger partial charge in [0.05, 0.1) is 5.69 Å². The van der Waals surface area contributed by atoms with Crippen LogP contribution < -0.4 is 11.1 Å². The van der Waals surface area contributed by atoms with E-state index in [4.69, 9.17) is 10.7 Å². The summed E-state index contributed by atoms with van der Waals surface area (Å²) in [6, 6.07) is 11.2. The van der Waals surface area contributed by atoms with Gasteiger partial charge in [0.25, 0.3) is 0 Å². The minimum Gasteiger partial charge on any atom is -0.368 e. The Labute approximate surface area is 174 Å². The third kappa shape index (κ3) is 4.11. The third-order valence-electron chi connectivity index (χ3n) is 7.16. The lowest BCUT2D eigenvalue weighted by Crippen LogP contribution is -2.42. The molecule has 29 heavy (non-hydrogen) atoms. The second-order valence-corrected chi connectivity index (χ2v) is 9.17. The van der Waals surface area contributed by atoms with Crippen molar-refractivity contribution in [3.05, 3.63) is 47.2 Å². The summed E-state index contributed by atoms with van der Waals surface area (Å²) in [5.41, 5.74) is 9.93. The number of anilines is 2. The molecule has 0 amide bonds. The normalized spacial score (nSPS) is 27.1. The van der Waals surface area contributed by atoms with E-state index in [-0.39, 0.29) is 0 Å². The van der Waals surface area contributed by atoms with E-state index < -0.39 is 0 Å². The number of fused-ring (bicyclic) bond motifs is 1. The van der Waals surface area contributed by atoms with Gasteiger partial charge in [-0.2, -0.15) is 4.98 Å². The summed E-state index contributed by atoms with van der Waals surface area (Å²) in [4.78, 5) is 12.0. The van der Waals surface area contributed by atoms with Gasteiger partial charge < -0.3 is 16.0 Å². The van der Waals surface area contributed by atoms with Gasteiger partial charge in [-0.05, 0) is 75.9 Å². The van der Waals surface area contributed by atoms with Crippen molar-refractivity contribution in [2.45, 2.75) is 63.3 Å². The van der Waals surface area contributed by atoms with Crippen LogP contribution in [-0.4, -0.2) is 40.5 Å². The van der Waals surface area contributed by atoms with Gasteiger partial charge in [0.1, 0.15) is 5.82 Å². The van der Waals surface area contributed by atoms with Gasteiger partial charge >= 0.3 is 0 Å². The van der Waals surface area contributed by atoms with Gasteiger partial charge in [-0.25, -0.2) is 4.98 Å². The number of benzene rings is 1. The fourth-order valence-electron chi connectivity index (χ4n) is 5.42. The van der Waals surface area contributed by atoms with Gasteiger partial charge in [0, 0.05) is 24.1 Å². The Morgan fingerprint density at radius 2 is 1.76 bits per heavy atom. The van der Waals surface area contributed by atoms with Crippen LogP contribution in [0.15, 0.2) is 30.3 Å². The summed E-state index contributed by atoms with van der Waals surface area (Å²) in [5, 5.41) is 3.78. The number of nitrogen functional groups attached to an aromatic ring is 1. The van der Waals surface area contributed by atoms with Crippen molar-refractivity contribution in [2.24, 2.45) is 5.92 Å². The molecular formula is C24H33N5. The highest BCUT2D eigenvalue weighted by Gasteiger charge is 2.29. The van der Waals surface area contributed by atoms with E-state index in [9.17, 15) is 0 Å². The average Bonchev–Trinajstić information content (AvgIpc) is 2.72. The Morgan fingerprint density at radius 1 is 0.966 bits per heavy atom. The number of nitrogens with zero attached hydrogens (tertiary/aromatic N) is 3. The van der Waals surface area contributed by atoms with Crippen LogP contribution in [0.5, 0.6) is 0 Å². The fraction of sp³-hybridized carbons (Fsp3) is 0.583. The highest BCUT2D eigenvalue weighted by atomic mass is 15.2. The maximum absolute atomic E-state index is 6.16. The summed E-state index contributed by atoms with van der Waals surface area (Å²) >= 11 is 0. The Kier molecular flexibility index (Phi) is 5.40. The average molecular weight is 392 g/mol. The Bertz CT molecular complexity index is 825. The van der Waals surface area contributed by atoms with Crippen LogP contribution >= 0.6 is 0 Å². The molecule has 2 aliphatic carbocycles. The number of aromatic nitrogens is 2. The lowest BCUT2D eigenvalue weighted by Gasteiger charge is -2.37. The van der Waals surface area contributed by atoms with Gasteiger partial charge in [0.2, 0.25) is 5.95 Å². The molecule has 2 heterocycles. The van der Waals surface area contributed by atoms with Gasteiger partial charge in [-0.1, -0.05) is 30.3 Å². The minimum absolute atomic E-state index is 0.332. The molecule has 5 heteroatoms. The van der Waals surface area contributed by atoms with E-state index in [2.05, 4.69) is 45.5 Å². The molecule has 1 aromatic carbocycles. The zero-order chi connectivity index (χ0) is 19.6. The third-order valence-corrected chi connectivity index (χ3v) is 7.16. The number of hydrogen-bond acceptors (Lipinski definition) is 5. The molecule has 0 bridgehead atoms. The molecular weight excluding hydrogens is 358 g/mol. The molecule has 5 nitrogen and oxygen atoms in total. The zero-order valence-corrected chi connectivity index (χ0v) is 17.3. The first-order valence-electron chi connectivity index (χ1n) is 11.5. The zero-order valence-electron chi connectivity index (χ0n) is 17.3. The molecule has 0 radical (unpaired) electrons. The van der Waals surface area contributed by atoms with Crippen molar-refractivity contribution in [3.8, 4) is 0 Å². The number of nitrogens with one attached hydrogen (secondary N) is 1. The molecule has 1 aromatic heterocycles. The van der Waals surface area contributed by atoms with E-state index in [1.807, 2.05) is 0 Å². The Morgan fingerprint density at radius 3 is 2.48 bits per heavy atom. The molecule has 0 spiro atoms. The second kappa shape index (κ2) is 8.31. The molecule has 1 atom stereocenters. The van der Waals surface area contributed by atoms with E-state index in [0.717, 1.165) is 30.3 Å². The summed E-state index contributed by atoms with van der Waals surface area (Å²) in [6.45, 7) is 3.93. The highest BCUT2D eigenvalue weighted by Crippen LogP contribution is 2.39. The van der Waals surface area contributed by atoms with Crippen LogP contribution in [0.1, 0.15) is 67.7 Å². The maximum atomic E-state index is 6.16. The Hall–Kier alpha value is -2.14. The number of nitrogens with two attached hydrogens (primary N) is 1. The van der Waals surface area contributed by atoms with Crippen molar-refractivity contribution < 1.29 is 0 Å². The summed E-state index contributed by atoms with van der Waals surface area (Å²) in [6.07, 6.45) is 9.87. The predicted octanol–water partition coefficient (Wildman–Crippen LogP) is 4.20. The Balaban J connectivity index is 1.30. The topological polar surface area (TPSA) is 67.1 Å². The van der Waals surface area contributed by atoms with Gasteiger partial charge in [0.15, 0.2) is 0 Å². The summed E-state index contributed by atoms with van der Waals surface area (Å²) in [5.74, 6) is 2.61. The van der Waals surface area contributed by atoms with Crippen LogP contribution in [0.25, 0.3) is 0 Å². The number of rotatable bonds is 5. The van der Waals surface area contributed by atoms with Crippen molar-refractivity contribution >= 4 is 11.8 Å². The monoisotopic (exact) mass is 391 g/mol. The lowest BCUT2D eigenvalue weighted by molar-refractivity contribution is 0.134. The molecule has 1 unspecified atom stereocenters. The van der Waals surface area contributed by atoms with E-state index in [1.54, 1.807) is 0 Å². The van der Waals surface area contributed by atoms with E-state index >= 15 is 0 Å². The lowest BCUT2D eigenvalue weighted by atomic mass is 9.82. The standard InChI is InChI=1S/C24H33N5/c25-24-27-22-20(18-6-2-1-3-7-18)8-4-9-21(22)23(28-24)26-19-12-10-17(11-13-19)16-29-14-5-15-29/h1-3,6-7,17,19-20H,4-5,8-16H2,(H3,25,26,27,28)/t17-,19-,20?. The SMILES string of the molecule is Nc1nc(N[C@H]2CC[C@H](CN3CCC3)CC2)c2c(n1)C(c1ccccc1)CCC2. The first kappa shape index (κ1) is 18.9. The van der Waals surface area contributed by atoms with Crippen molar-refractivity contribution in [3.63, 3.8) is 0 Å². The first-order chi connectivity index (χ1) is 14.3. The van der Waals surface area contributed by atoms with E-state index in [0.29, 0.717) is 17.9 Å². The van der Waals surface area contributed by atoms with Gasteiger partial charge in [-0.3, -0.25) is 0 Å². The molecule has 2 aromatic rings. The number of likely N-dealkylation sites (tertiary alicyclic amines) is 1. The molecule has 154 valence electrons. The van der Waals surface area contributed by atoms with Crippen LogP contribution in [-0.2, 0) is 6.42 Å². The van der Waals surface area contributed by atoms with Crippen molar-refractivity contribution in [2.75, 3.05) is 30.7 Å². The van der Waals surface area contributed by atoms with Crippen molar-refractivity contribution in [1.29, 1.82) is 0 Å². The molecule has 3 aliphatic rings. The number of hydrogen-bond donors (Lipinski definition) is 2.